The molecular weight excluding hydrogens is 309 g/mol. The van der Waals surface area contributed by atoms with E-state index in [-0.39, 0.29) is 23.1 Å². The molecule has 0 bridgehead atoms. The van der Waals surface area contributed by atoms with E-state index in [1.165, 1.54) is 0 Å². The molecule has 1 aromatic carbocycles. The van der Waals surface area contributed by atoms with Crippen LogP contribution in [0.15, 0.2) is 29.4 Å². The van der Waals surface area contributed by atoms with E-state index in [0.29, 0.717) is 10.6 Å². The van der Waals surface area contributed by atoms with E-state index in [4.69, 9.17) is 28.0 Å². The van der Waals surface area contributed by atoms with Gasteiger partial charge in [-0.2, -0.15) is 0 Å². The highest BCUT2D eigenvalue weighted by molar-refractivity contribution is 8.05. The van der Waals surface area contributed by atoms with Gasteiger partial charge in [-0.1, -0.05) is 28.9 Å². The summed E-state index contributed by atoms with van der Waals surface area (Å²) in [6.45, 7) is 1.73. The van der Waals surface area contributed by atoms with Crippen molar-refractivity contribution >= 4 is 38.1 Å². The zero-order valence-electron chi connectivity index (χ0n) is 10.3. The molecule has 4 nitrogen and oxygen atoms in total. The Morgan fingerprint density at radius 2 is 2.00 bits per heavy atom. The highest BCUT2D eigenvalue weighted by atomic mass is 35.5. The predicted molar refractivity (Wildman–Crippen MR) is 76.3 cm³/mol. The van der Waals surface area contributed by atoms with Crippen molar-refractivity contribution in [3.8, 4) is 0 Å². The summed E-state index contributed by atoms with van der Waals surface area (Å²) in [5, 5.41) is 4.28. The number of benzene rings is 1. The number of oxime groups is 1. The molecule has 104 valence electrons. The smallest absolute Gasteiger partial charge is 0.199 e. The lowest BCUT2D eigenvalue weighted by Crippen LogP contribution is -2.28. The highest BCUT2D eigenvalue weighted by Crippen LogP contribution is 2.28. The van der Waals surface area contributed by atoms with Gasteiger partial charge in [-0.05, 0) is 24.6 Å². The molecule has 1 unspecified atom stereocenters. The number of sulfone groups is 1. The maximum atomic E-state index is 12.2. The first kappa shape index (κ1) is 14.6. The van der Waals surface area contributed by atoms with Crippen LogP contribution in [0.3, 0.4) is 0 Å². The van der Waals surface area contributed by atoms with Crippen molar-refractivity contribution in [1.29, 1.82) is 0 Å². The SMILES string of the molecule is CC1(CCl)CC(S(=O)(=O)Cc2ccc(Cl)cc2)=NO1. The van der Waals surface area contributed by atoms with Crippen molar-refractivity contribution in [3.63, 3.8) is 0 Å². The first-order chi connectivity index (χ1) is 8.85. The molecular formula is C12H13Cl2NO3S. The minimum atomic E-state index is -3.48. The summed E-state index contributed by atoms with van der Waals surface area (Å²) < 4.78 is 24.4. The minimum absolute atomic E-state index is 0.0469. The number of hydrogen-bond donors (Lipinski definition) is 0. The summed E-state index contributed by atoms with van der Waals surface area (Å²) in [5.41, 5.74) is -0.0733. The zero-order valence-corrected chi connectivity index (χ0v) is 12.6. The maximum Gasteiger partial charge on any atom is 0.199 e. The molecule has 0 N–H and O–H groups in total. The quantitative estimate of drug-likeness (QED) is 0.804. The lowest BCUT2D eigenvalue weighted by atomic mass is 10.1. The van der Waals surface area contributed by atoms with Gasteiger partial charge in [0.2, 0.25) is 0 Å². The lowest BCUT2D eigenvalue weighted by Gasteiger charge is -2.16. The molecule has 0 aromatic heterocycles. The molecule has 1 aromatic rings. The van der Waals surface area contributed by atoms with Gasteiger partial charge in [0.1, 0.15) is 0 Å². The summed E-state index contributed by atoms with van der Waals surface area (Å²) in [6.07, 6.45) is 0.201. The average Bonchev–Trinajstić information content (AvgIpc) is 2.76. The molecule has 0 radical (unpaired) electrons. The Balaban J connectivity index is 2.14. The second-order valence-corrected chi connectivity index (χ2v) is 7.42. The highest BCUT2D eigenvalue weighted by Gasteiger charge is 2.38. The molecule has 2 rings (SSSR count). The molecule has 1 atom stereocenters. The molecule has 1 aliphatic heterocycles. The van der Waals surface area contributed by atoms with Crippen LogP contribution in [0.2, 0.25) is 5.02 Å². The van der Waals surface area contributed by atoms with E-state index in [2.05, 4.69) is 5.16 Å². The Morgan fingerprint density at radius 3 is 2.53 bits per heavy atom. The lowest BCUT2D eigenvalue weighted by molar-refractivity contribution is 0.0152. The van der Waals surface area contributed by atoms with Gasteiger partial charge in [0.25, 0.3) is 0 Å². The summed E-state index contributed by atoms with van der Waals surface area (Å²) in [7, 11) is -3.48. The van der Waals surface area contributed by atoms with Crippen LogP contribution in [0, 0.1) is 0 Å². The van der Waals surface area contributed by atoms with Gasteiger partial charge in [-0.15, -0.1) is 11.6 Å². The molecule has 1 heterocycles. The summed E-state index contributed by atoms with van der Waals surface area (Å²) in [4.78, 5) is 5.10. The van der Waals surface area contributed by atoms with Crippen LogP contribution in [0.25, 0.3) is 0 Å². The van der Waals surface area contributed by atoms with Crippen molar-refractivity contribution in [3.05, 3.63) is 34.9 Å². The fraction of sp³-hybridized carbons (Fsp3) is 0.417. The normalized spacial score (nSPS) is 23.0. The number of alkyl halides is 1. The molecule has 1 aliphatic rings. The van der Waals surface area contributed by atoms with Gasteiger partial charge >= 0.3 is 0 Å². The van der Waals surface area contributed by atoms with Gasteiger partial charge in [0, 0.05) is 11.4 Å². The average molecular weight is 322 g/mol. The third kappa shape index (κ3) is 3.41. The number of rotatable bonds is 3. The third-order valence-corrected chi connectivity index (χ3v) is 5.27. The van der Waals surface area contributed by atoms with Crippen molar-refractivity contribution in [2.24, 2.45) is 5.16 Å². The Morgan fingerprint density at radius 1 is 1.37 bits per heavy atom. The van der Waals surface area contributed by atoms with E-state index in [0.717, 1.165) is 0 Å². The summed E-state index contributed by atoms with van der Waals surface area (Å²) >= 11 is 11.5. The van der Waals surface area contributed by atoms with Gasteiger partial charge in [0.05, 0.1) is 11.6 Å². The third-order valence-electron chi connectivity index (χ3n) is 2.80. The van der Waals surface area contributed by atoms with Crippen LogP contribution in [-0.4, -0.2) is 24.9 Å². The minimum Gasteiger partial charge on any atom is -0.387 e. The first-order valence-electron chi connectivity index (χ1n) is 5.63. The van der Waals surface area contributed by atoms with E-state index >= 15 is 0 Å². The molecule has 0 spiro atoms. The molecule has 7 heteroatoms. The van der Waals surface area contributed by atoms with E-state index < -0.39 is 15.4 Å². The van der Waals surface area contributed by atoms with Gasteiger partial charge in [-0.25, -0.2) is 8.42 Å². The molecule has 0 saturated carbocycles. The molecule has 0 saturated heterocycles. The van der Waals surface area contributed by atoms with Crippen LogP contribution >= 0.6 is 23.2 Å². The van der Waals surface area contributed by atoms with Crippen molar-refractivity contribution in [1.82, 2.24) is 0 Å². The largest absolute Gasteiger partial charge is 0.387 e. The van der Waals surface area contributed by atoms with Crippen LogP contribution < -0.4 is 0 Å². The predicted octanol–water partition coefficient (Wildman–Crippen LogP) is 2.99. The van der Waals surface area contributed by atoms with E-state index in [9.17, 15) is 8.42 Å². The van der Waals surface area contributed by atoms with Crippen LogP contribution in [0.1, 0.15) is 18.9 Å². The van der Waals surface area contributed by atoms with Gasteiger partial charge in [-0.3, -0.25) is 0 Å². The number of nitrogens with zero attached hydrogens (tertiary/aromatic N) is 1. The fourth-order valence-electron chi connectivity index (χ4n) is 1.67. The van der Waals surface area contributed by atoms with Crippen LogP contribution in [0.4, 0.5) is 0 Å². The first-order valence-corrected chi connectivity index (χ1v) is 8.19. The van der Waals surface area contributed by atoms with E-state index in [1.807, 2.05) is 0 Å². The van der Waals surface area contributed by atoms with Crippen LogP contribution in [-0.2, 0) is 20.4 Å². The van der Waals surface area contributed by atoms with Gasteiger partial charge < -0.3 is 4.84 Å². The Bertz CT molecular complexity index is 598. The fourth-order valence-corrected chi connectivity index (χ4v) is 3.41. The standard InChI is InChI=1S/C12H13Cl2NO3S/c1-12(8-13)6-11(15-18-12)19(16,17)7-9-2-4-10(14)5-3-9/h2-5H,6-8H2,1H3. The number of hydrogen-bond acceptors (Lipinski definition) is 4. The number of halogens is 2. The van der Waals surface area contributed by atoms with E-state index in [1.54, 1.807) is 31.2 Å². The molecule has 0 aliphatic carbocycles. The topological polar surface area (TPSA) is 55.7 Å². The zero-order chi connectivity index (χ0) is 14.1. The second-order valence-electron chi connectivity index (χ2n) is 4.72. The molecule has 0 fully saturated rings. The summed E-state index contributed by atoms with van der Waals surface area (Å²) in [5.74, 6) is 0.0706. The molecule has 19 heavy (non-hydrogen) atoms. The van der Waals surface area contributed by atoms with Crippen molar-refractivity contribution in [2.45, 2.75) is 24.7 Å². The van der Waals surface area contributed by atoms with Gasteiger partial charge in [0.15, 0.2) is 20.5 Å². The van der Waals surface area contributed by atoms with Crippen molar-refractivity contribution in [2.75, 3.05) is 5.88 Å². The molecule has 0 amide bonds. The maximum absolute atomic E-state index is 12.2. The summed E-state index contributed by atoms with van der Waals surface area (Å²) in [6, 6.07) is 6.67. The second kappa shape index (κ2) is 5.31. The monoisotopic (exact) mass is 321 g/mol. The Hall–Kier alpha value is -0.780. The Labute approximate surface area is 122 Å². The Kier molecular flexibility index (Phi) is 4.08. The van der Waals surface area contributed by atoms with Crippen LogP contribution in [0.5, 0.6) is 0 Å². The van der Waals surface area contributed by atoms with Crippen molar-refractivity contribution < 1.29 is 13.3 Å².